The summed E-state index contributed by atoms with van der Waals surface area (Å²) in [5, 5.41) is 0. The number of nitrogens with one attached hydrogen (secondary N) is 1. The lowest BCUT2D eigenvalue weighted by molar-refractivity contribution is -0.139. The third-order valence-corrected chi connectivity index (χ3v) is 4.01. The molecule has 0 aliphatic heterocycles. The van der Waals surface area contributed by atoms with Crippen LogP contribution in [0.25, 0.3) is 11.0 Å². The Balaban J connectivity index is 1.99. The number of nitrogens with zero attached hydrogens (tertiary/aromatic N) is 2. The first kappa shape index (κ1) is 19.0. The number of imidazole rings is 1. The molecule has 25 heavy (non-hydrogen) atoms. The second kappa shape index (κ2) is 9.25. The van der Waals surface area contributed by atoms with Crippen LogP contribution in [0.2, 0.25) is 0 Å². The van der Waals surface area contributed by atoms with Crippen LogP contribution < -0.4 is 4.90 Å². The summed E-state index contributed by atoms with van der Waals surface area (Å²) in [4.78, 5) is 21.8. The second-order valence-electron chi connectivity index (χ2n) is 6.39. The summed E-state index contributed by atoms with van der Waals surface area (Å²) < 4.78 is 5.12. The number of hydrogen-bond acceptors (Lipinski definition) is 4. The SMILES string of the molecule is C=C(C)C(=O)OCCCc1nc2ccc(N(CCC)CCC)cc2[nH]1. The maximum atomic E-state index is 11.4. The van der Waals surface area contributed by atoms with E-state index in [0.717, 1.165) is 55.6 Å². The van der Waals surface area contributed by atoms with Crippen LogP contribution in [-0.4, -0.2) is 35.6 Å². The van der Waals surface area contributed by atoms with Crippen LogP contribution in [0.3, 0.4) is 0 Å². The Labute approximate surface area is 150 Å². The zero-order chi connectivity index (χ0) is 18.2. The van der Waals surface area contributed by atoms with Gasteiger partial charge in [-0.3, -0.25) is 0 Å². The summed E-state index contributed by atoms with van der Waals surface area (Å²) in [6, 6.07) is 6.40. The zero-order valence-electron chi connectivity index (χ0n) is 15.6. The van der Waals surface area contributed by atoms with Crippen molar-refractivity contribution in [3.05, 3.63) is 36.2 Å². The number of aryl methyl sites for hydroxylation is 1. The van der Waals surface area contributed by atoms with Gasteiger partial charge in [-0.2, -0.15) is 0 Å². The molecule has 0 atom stereocenters. The number of fused-ring (bicyclic) bond motifs is 1. The van der Waals surface area contributed by atoms with E-state index in [1.807, 2.05) is 0 Å². The molecule has 0 saturated carbocycles. The van der Waals surface area contributed by atoms with Crippen molar-refractivity contribution in [3.63, 3.8) is 0 Å². The predicted octanol–water partition coefficient (Wildman–Crippen LogP) is 4.24. The minimum absolute atomic E-state index is 0.332. The van der Waals surface area contributed by atoms with Gasteiger partial charge in [0.15, 0.2) is 0 Å². The highest BCUT2D eigenvalue weighted by Gasteiger charge is 2.09. The van der Waals surface area contributed by atoms with Crippen LogP contribution in [0.4, 0.5) is 5.69 Å². The molecular formula is C20H29N3O2. The number of carbonyl (C=O) groups excluding carboxylic acids is 1. The topological polar surface area (TPSA) is 58.2 Å². The molecule has 1 N–H and O–H groups in total. The molecule has 5 nitrogen and oxygen atoms in total. The first-order valence-electron chi connectivity index (χ1n) is 9.11. The normalized spacial score (nSPS) is 10.8. The quantitative estimate of drug-likeness (QED) is 0.398. The first-order chi connectivity index (χ1) is 12.0. The lowest BCUT2D eigenvalue weighted by Crippen LogP contribution is -2.24. The molecule has 0 saturated heterocycles. The number of H-pyrrole nitrogens is 1. The Bertz CT molecular complexity index is 715. The third kappa shape index (κ3) is 5.34. The van der Waals surface area contributed by atoms with E-state index in [-0.39, 0.29) is 5.97 Å². The fourth-order valence-corrected chi connectivity index (χ4v) is 2.80. The molecule has 2 aromatic rings. The number of aromatic amines is 1. The van der Waals surface area contributed by atoms with Gasteiger partial charge < -0.3 is 14.6 Å². The van der Waals surface area contributed by atoms with Crippen LogP contribution in [0.5, 0.6) is 0 Å². The zero-order valence-corrected chi connectivity index (χ0v) is 15.6. The Morgan fingerprint density at radius 1 is 1.28 bits per heavy atom. The van der Waals surface area contributed by atoms with E-state index in [1.54, 1.807) is 6.92 Å². The molecule has 136 valence electrons. The first-order valence-corrected chi connectivity index (χ1v) is 9.11. The van der Waals surface area contributed by atoms with Crippen LogP contribution in [0, 0.1) is 0 Å². The second-order valence-corrected chi connectivity index (χ2v) is 6.39. The molecule has 0 aliphatic carbocycles. The molecule has 0 aliphatic rings. The van der Waals surface area contributed by atoms with Crippen molar-refractivity contribution in [2.45, 2.75) is 46.5 Å². The molecule has 0 spiro atoms. The molecule has 0 radical (unpaired) electrons. The highest BCUT2D eigenvalue weighted by molar-refractivity contribution is 5.86. The average Bonchev–Trinajstić information content (AvgIpc) is 3.00. The van der Waals surface area contributed by atoms with Gasteiger partial charge in [0.2, 0.25) is 0 Å². The molecular weight excluding hydrogens is 314 g/mol. The lowest BCUT2D eigenvalue weighted by Gasteiger charge is -2.23. The van der Waals surface area contributed by atoms with Crippen molar-refractivity contribution in [2.24, 2.45) is 0 Å². The molecule has 1 aromatic carbocycles. The molecule has 0 unspecified atom stereocenters. The van der Waals surface area contributed by atoms with Gasteiger partial charge >= 0.3 is 5.97 Å². The van der Waals surface area contributed by atoms with Gasteiger partial charge in [-0.1, -0.05) is 20.4 Å². The minimum Gasteiger partial charge on any atom is -0.462 e. The van der Waals surface area contributed by atoms with Gasteiger partial charge in [0.1, 0.15) is 5.82 Å². The summed E-state index contributed by atoms with van der Waals surface area (Å²) >= 11 is 0. The van der Waals surface area contributed by atoms with Gasteiger partial charge in [0.05, 0.1) is 17.6 Å². The molecule has 0 bridgehead atoms. The Kier molecular flexibility index (Phi) is 7.04. The van der Waals surface area contributed by atoms with E-state index < -0.39 is 0 Å². The number of hydrogen-bond donors (Lipinski definition) is 1. The van der Waals surface area contributed by atoms with Crippen LogP contribution in [0.1, 0.15) is 45.9 Å². The standard InChI is InChI=1S/C20H29N3O2/c1-5-11-23(12-6-2)16-9-10-17-18(14-16)22-19(21-17)8-7-13-25-20(24)15(3)4/h9-10,14H,3,5-8,11-13H2,1-2,4H3,(H,21,22). The summed E-state index contributed by atoms with van der Waals surface area (Å²) in [7, 11) is 0. The molecule has 2 rings (SSSR count). The van der Waals surface area contributed by atoms with Crippen molar-refractivity contribution >= 4 is 22.7 Å². The summed E-state index contributed by atoms with van der Waals surface area (Å²) in [5.74, 6) is 0.595. The van der Waals surface area contributed by atoms with Crippen molar-refractivity contribution in [1.29, 1.82) is 0 Å². The molecule has 5 heteroatoms. The average molecular weight is 343 g/mol. The number of ether oxygens (including phenoxy) is 1. The van der Waals surface area contributed by atoms with Crippen molar-refractivity contribution in [1.82, 2.24) is 9.97 Å². The van der Waals surface area contributed by atoms with Crippen LogP contribution in [-0.2, 0) is 16.0 Å². The Morgan fingerprint density at radius 2 is 2.00 bits per heavy atom. The monoisotopic (exact) mass is 343 g/mol. The summed E-state index contributed by atoms with van der Waals surface area (Å²) in [6.07, 6.45) is 3.76. The van der Waals surface area contributed by atoms with E-state index in [9.17, 15) is 4.79 Å². The van der Waals surface area contributed by atoms with Crippen molar-refractivity contribution in [2.75, 3.05) is 24.6 Å². The highest BCUT2D eigenvalue weighted by atomic mass is 16.5. The number of rotatable bonds is 10. The fourth-order valence-electron chi connectivity index (χ4n) is 2.80. The molecule has 0 amide bonds. The van der Waals surface area contributed by atoms with Crippen molar-refractivity contribution in [3.8, 4) is 0 Å². The van der Waals surface area contributed by atoms with Gasteiger partial charge in [-0.15, -0.1) is 0 Å². The smallest absolute Gasteiger partial charge is 0.333 e. The fraction of sp³-hybridized carbons (Fsp3) is 0.500. The number of anilines is 1. The highest BCUT2D eigenvalue weighted by Crippen LogP contribution is 2.21. The number of benzene rings is 1. The van der Waals surface area contributed by atoms with Gasteiger partial charge in [-0.05, 0) is 44.4 Å². The number of carbonyl (C=O) groups is 1. The van der Waals surface area contributed by atoms with E-state index >= 15 is 0 Å². The summed E-state index contributed by atoms with van der Waals surface area (Å²) in [5.41, 5.74) is 3.70. The molecule has 1 aromatic heterocycles. The van der Waals surface area contributed by atoms with Gasteiger partial charge in [0, 0.05) is 30.8 Å². The van der Waals surface area contributed by atoms with E-state index in [1.165, 1.54) is 5.69 Å². The van der Waals surface area contributed by atoms with E-state index in [4.69, 9.17) is 4.74 Å². The lowest BCUT2D eigenvalue weighted by atomic mass is 10.2. The van der Waals surface area contributed by atoms with Crippen molar-refractivity contribution < 1.29 is 9.53 Å². The van der Waals surface area contributed by atoms with Crippen LogP contribution >= 0.6 is 0 Å². The predicted molar refractivity (Wildman–Crippen MR) is 103 cm³/mol. The largest absolute Gasteiger partial charge is 0.462 e. The molecule has 0 fully saturated rings. The van der Waals surface area contributed by atoms with Gasteiger partial charge in [0.25, 0.3) is 0 Å². The van der Waals surface area contributed by atoms with Gasteiger partial charge in [-0.25, -0.2) is 9.78 Å². The maximum Gasteiger partial charge on any atom is 0.333 e. The number of aromatic nitrogens is 2. The van der Waals surface area contributed by atoms with E-state index in [0.29, 0.717) is 12.2 Å². The van der Waals surface area contributed by atoms with E-state index in [2.05, 4.69) is 53.5 Å². The Hall–Kier alpha value is -2.30. The molecule has 1 heterocycles. The summed E-state index contributed by atoms with van der Waals surface area (Å²) in [6.45, 7) is 12.1. The number of esters is 1. The third-order valence-electron chi connectivity index (χ3n) is 4.01. The minimum atomic E-state index is -0.332. The Morgan fingerprint density at radius 3 is 2.64 bits per heavy atom. The maximum absolute atomic E-state index is 11.4. The van der Waals surface area contributed by atoms with Crippen LogP contribution in [0.15, 0.2) is 30.4 Å².